The van der Waals surface area contributed by atoms with Crippen LogP contribution in [0.1, 0.15) is 13.8 Å². The lowest BCUT2D eigenvalue weighted by Crippen LogP contribution is -2.54. The van der Waals surface area contributed by atoms with Crippen LogP contribution in [0.15, 0.2) is 0 Å². The number of amides is 1. The first-order valence-electron chi connectivity index (χ1n) is 4.94. The molecule has 0 unspecified atom stereocenters. The Balaban J connectivity index is 2.00. The molecule has 1 fully saturated rings. The van der Waals surface area contributed by atoms with E-state index in [0.29, 0.717) is 26.3 Å². The number of ether oxygens (including phenoxy) is 2. The van der Waals surface area contributed by atoms with Crippen LogP contribution >= 0.6 is 23.0 Å². The van der Waals surface area contributed by atoms with Crippen molar-refractivity contribution in [3.05, 3.63) is 0 Å². The molecule has 0 atom stereocenters. The quantitative estimate of drug-likeness (QED) is 0.568. The summed E-state index contributed by atoms with van der Waals surface area (Å²) in [7, 11) is 0. The Morgan fingerprint density at radius 1 is 1.47 bits per heavy atom. The normalized spacial score (nSPS) is 16.7. The molecule has 0 saturated carbocycles. The van der Waals surface area contributed by atoms with E-state index >= 15 is 0 Å². The molecular formula is C9H16INO4. The Kier molecular flexibility index (Phi) is 5.62. The van der Waals surface area contributed by atoms with Crippen LogP contribution in [0.4, 0.5) is 4.79 Å². The molecule has 0 aromatic carbocycles. The van der Waals surface area contributed by atoms with Crippen LogP contribution in [-0.2, 0) is 12.5 Å². The van der Waals surface area contributed by atoms with Crippen LogP contribution in [0.25, 0.3) is 0 Å². The zero-order valence-electron chi connectivity index (χ0n) is 8.94. The molecule has 1 amide bonds. The smallest absolute Gasteiger partial charge is 0.410 e. The monoisotopic (exact) mass is 329 g/mol. The summed E-state index contributed by atoms with van der Waals surface area (Å²) in [6, 6.07) is 0. The molecule has 1 aliphatic heterocycles. The van der Waals surface area contributed by atoms with Crippen molar-refractivity contribution in [1.82, 2.24) is 4.90 Å². The molecule has 1 aliphatic rings. The van der Waals surface area contributed by atoms with Gasteiger partial charge in [0.25, 0.3) is 0 Å². The van der Waals surface area contributed by atoms with E-state index in [2.05, 4.69) is 0 Å². The number of hydrogen-bond acceptors (Lipinski definition) is 4. The van der Waals surface area contributed by atoms with E-state index in [9.17, 15) is 4.79 Å². The standard InChI is InChI=1S/C9H16INO4/c1-7(2)13-3-4-14-9(12)11-5-8(6-11)15-10/h7-8H,3-6H2,1-2H3. The van der Waals surface area contributed by atoms with E-state index in [1.54, 1.807) is 4.90 Å². The minimum absolute atomic E-state index is 0.157. The van der Waals surface area contributed by atoms with Gasteiger partial charge in [-0.25, -0.2) is 4.79 Å². The van der Waals surface area contributed by atoms with Gasteiger partial charge >= 0.3 is 6.09 Å². The number of carbonyl (C=O) groups excluding carboxylic acids is 1. The van der Waals surface area contributed by atoms with Crippen molar-refractivity contribution in [1.29, 1.82) is 0 Å². The topological polar surface area (TPSA) is 48.0 Å². The maximum atomic E-state index is 11.3. The number of rotatable bonds is 5. The minimum Gasteiger partial charge on any atom is -0.447 e. The number of hydrogen-bond donors (Lipinski definition) is 0. The number of halogens is 1. The molecule has 1 rings (SSSR count). The molecule has 0 aromatic heterocycles. The van der Waals surface area contributed by atoms with Crippen molar-refractivity contribution in [2.24, 2.45) is 0 Å². The average molecular weight is 329 g/mol. The highest BCUT2D eigenvalue weighted by Gasteiger charge is 2.32. The average Bonchev–Trinajstić information content (AvgIpc) is 2.10. The summed E-state index contributed by atoms with van der Waals surface area (Å²) in [4.78, 5) is 12.9. The fourth-order valence-corrected chi connectivity index (χ4v) is 1.47. The van der Waals surface area contributed by atoms with Crippen molar-refractivity contribution >= 4 is 29.1 Å². The third-order valence-corrected chi connectivity index (χ3v) is 2.71. The highest BCUT2D eigenvalue weighted by molar-refractivity contribution is 14.1. The lowest BCUT2D eigenvalue weighted by Gasteiger charge is -2.36. The molecule has 0 bridgehead atoms. The molecule has 0 spiro atoms. The van der Waals surface area contributed by atoms with Crippen LogP contribution in [0.3, 0.4) is 0 Å². The second kappa shape index (κ2) is 6.49. The molecule has 0 aliphatic carbocycles. The predicted octanol–water partition coefficient (Wildman–Crippen LogP) is 1.60. The molecule has 1 heterocycles. The Morgan fingerprint density at radius 2 is 2.13 bits per heavy atom. The summed E-state index contributed by atoms with van der Waals surface area (Å²) in [5.74, 6) is 0. The van der Waals surface area contributed by atoms with E-state index in [1.165, 1.54) is 0 Å². The van der Waals surface area contributed by atoms with Crippen LogP contribution in [0.5, 0.6) is 0 Å². The van der Waals surface area contributed by atoms with Crippen molar-refractivity contribution in [3.63, 3.8) is 0 Å². The Morgan fingerprint density at radius 3 is 2.67 bits per heavy atom. The molecule has 0 radical (unpaired) electrons. The van der Waals surface area contributed by atoms with Gasteiger partial charge < -0.3 is 17.4 Å². The van der Waals surface area contributed by atoms with Gasteiger partial charge in [-0.15, -0.1) is 0 Å². The van der Waals surface area contributed by atoms with Gasteiger partial charge in [0, 0.05) is 0 Å². The zero-order chi connectivity index (χ0) is 11.3. The molecule has 0 N–H and O–H groups in total. The summed E-state index contributed by atoms with van der Waals surface area (Å²) >= 11 is 1.84. The molecule has 1 saturated heterocycles. The van der Waals surface area contributed by atoms with Crippen LogP contribution < -0.4 is 0 Å². The first-order chi connectivity index (χ1) is 7.13. The summed E-state index contributed by atoms with van der Waals surface area (Å²) in [5, 5.41) is 0. The van der Waals surface area contributed by atoms with Gasteiger partial charge in [-0.05, 0) is 13.8 Å². The van der Waals surface area contributed by atoms with Crippen LogP contribution in [0, 0.1) is 0 Å². The first-order valence-corrected chi connectivity index (χ1v) is 5.82. The maximum absolute atomic E-state index is 11.3. The van der Waals surface area contributed by atoms with Gasteiger partial charge in [-0.1, -0.05) is 0 Å². The number of nitrogens with zero attached hydrogens (tertiary/aromatic N) is 1. The van der Waals surface area contributed by atoms with Crippen molar-refractivity contribution < 1.29 is 17.3 Å². The fourth-order valence-electron chi connectivity index (χ4n) is 1.15. The van der Waals surface area contributed by atoms with Gasteiger partial charge in [-0.2, -0.15) is 0 Å². The zero-order valence-corrected chi connectivity index (χ0v) is 11.1. The van der Waals surface area contributed by atoms with Gasteiger partial charge in [0.05, 0.1) is 25.8 Å². The first kappa shape index (κ1) is 13.0. The highest BCUT2D eigenvalue weighted by atomic mass is 127. The molecule has 15 heavy (non-hydrogen) atoms. The summed E-state index contributed by atoms with van der Waals surface area (Å²) in [6.45, 7) is 5.88. The Labute approximate surface area is 104 Å². The largest absolute Gasteiger partial charge is 0.447 e. The minimum atomic E-state index is -0.285. The number of likely N-dealkylation sites (tertiary alicyclic amines) is 1. The molecule has 88 valence electrons. The Hall–Kier alpha value is -0.0800. The highest BCUT2D eigenvalue weighted by Crippen LogP contribution is 2.14. The van der Waals surface area contributed by atoms with E-state index in [1.807, 2.05) is 36.9 Å². The second-order valence-electron chi connectivity index (χ2n) is 3.65. The molecule has 0 aromatic rings. The summed E-state index contributed by atoms with van der Waals surface area (Å²) < 4.78 is 15.3. The summed E-state index contributed by atoms with van der Waals surface area (Å²) in [5.41, 5.74) is 0. The van der Waals surface area contributed by atoms with E-state index < -0.39 is 0 Å². The third-order valence-electron chi connectivity index (χ3n) is 1.99. The van der Waals surface area contributed by atoms with Crippen molar-refractivity contribution in [3.8, 4) is 0 Å². The third kappa shape index (κ3) is 4.52. The lowest BCUT2D eigenvalue weighted by atomic mass is 10.2. The second-order valence-corrected chi connectivity index (χ2v) is 4.16. The van der Waals surface area contributed by atoms with Gasteiger partial charge in [0.15, 0.2) is 0 Å². The SMILES string of the molecule is CC(C)OCCOC(=O)N1CC(OI)C1. The lowest BCUT2D eigenvalue weighted by molar-refractivity contribution is 0.00419. The van der Waals surface area contributed by atoms with Crippen molar-refractivity contribution in [2.45, 2.75) is 26.1 Å². The molecular weight excluding hydrogens is 313 g/mol. The maximum Gasteiger partial charge on any atom is 0.410 e. The molecule has 6 heteroatoms. The Bertz CT molecular complexity index is 206. The summed E-state index contributed by atoms with van der Waals surface area (Å²) in [6.07, 6.45) is 0.0432. The van der Waals surface area contributed by atoms with Gasteiger partial charge in [0.1, 0.15) is 35.7 Å². The molecule has 5 nitrogen and oxygen atoms in total. The fraction of sp³-hybridized carbons (Fsp3) is 0.889. The predicted molar refractivity (Wildman–Crippen MR) is 62.9 cm³/mol. The van der Waals surface area contributed by atoms with Gasteiger partial charge in [-0.3, -0.25) is 0 Å². The van der Waals surface area contributed by atoms with Crippen molar-refractivity contribution in [2.75, 3.05) is 26.3 Å². The number of carbonyl (C=O) groups is 1. The van der Waals surface area contributed by atoms with Gasteiger partial charge in [0.2, 0.25) is 0 Å². The van der Waals surface area contributed by atoms with E-state index in [0.717, 1.165) is 0 Å². The van der Waals surface area contributed by atoms with E-state index in [-0.39, 0.29) is 18.3 Å². The van der Waals surface area contributed by atoms with Crippen LogP contribution in [-0.4, -0.2) is 49.5 Å². The van der Waals surface area contributed by atoms with Crippen LogP contribution in [0.2, 0.25) is 0 Å². The van der Waals surface area contributed by atoms with E-state index in [4.69, 9.17) is 12.5 Å².